The Balaban J connectivity index is 1.74. The van der Waals surface area contributed by atoms with Crippen LogP contribution in [0.2, 0.25) is 15.1 Å². The molecule has 0 radical (unpaired) electrons. The Morgan fingerprint density at radius 2 is 1.70 bits per heavy atom. The molecule has 3 aromatic carbocycles. The number of nitrogens with one attached hydrogen (secondary N) is 2. The summed E-state index contributed by atoms with van der Waals surface area (Å²) in [6, 6.07) is 13.5. The number of nitrogens with zero attached hydrogens (tertiary/aromatic N) is 3. The fraction of sp³-hybridized carbons (Fsp3) is 0.229. The number of carbonyl (C=O) groups is 1. The summed E-state index contributed by atoms with van der Waals surface area (Å²) in [5.74, 6) is 3.43. The minimum Gasteiger partial charge on any atom is -0.378 e. The number of aromatic nitrogens is 3. The van der Waals surface area contributed by atoms with E-state index in [0.29, 0.717) is 27.6 Å². The number of halogens is 5. The van der Waals surface area contributed by atoms with Gasteiger partial charge in [0.15, 0.2) is 5.82 Å². The first-order chi connectivity index (χ1) is 23.4. The molecule has 15 heteroatoms. The summed E-state index contributed by atoms with van der Waals surface area (Å²) in [7, 11) is -2.13. The normalized spacial score (nSPS) is 12.4. The Morgan fingerprint density at radius 1 is 1.02 bits per heavy atom. The molecular weight excluding hydrogens is 731 g/mol. The van der Waals surface area contributed by atoms with Crippen molar-refractivity contribution in [3.05, 3.63) is 110 Å². The number of hydrogen-bond acceptors (Lipinski definition) is 6. The van der Waals surface area contributed by atoms with Crippen molar-refractivity contribution in [2.24, 2.45) is 7.05 Å². The predicted molar refractivity (Wildman–Crippen MR) is 192 cm³/mol. The van der Waals surface area contributed by atoms with Crippen LogP contribution >= 0.6 is 34.8 Å². The smallest absolute Gasteiger partial charge is 0.231 e. The van der Waals surface area contributed by atoms with E-state index < -0.39 is 39.2 Å². The zero-order valence-electron chi connectivity index (χ0n) is 27.1. The van der Waals surface area contributed by atoms with Crippen molar-refractivity contribution in [1.29, 1.82) is 0 Å². The van der Waals surface area contributed by atoms with Gasteiger partial charge in [0.25, 0.3) is 0 Å². The molecule has 2 aromatic heterocycles. The zero-order chi connectivity index (χ0) is 36.5. The molecule has 1 atom stereocenters. The molecule has 0 aliphatic heterocycles. The number of amides is 1. The number of anilines is 1. The molecule has 9 nitrogen and oxygen atoms in total. The Morgan fingerprint density at radius 3 is 2.36 bits per heavy atom. The van der Waals surface area contributed by atoms with Gasteiger partial charge in [0, 0.05) is 24.2 Å². The van der Waals surface area contributed by atoms with Crippen LogP contribution in [0.1, 0.15) is 42.4 Å². The molecule has 260 valence electrons. The number of aliphatic hydroxyl groups is 1. The van der Waals surface area contributed by atoms with Gasteiger partial charge in [-0.15, -0.1) is 0 Å². The van der Waals surface area contributed by atoms with Gasteiger partial charge in [0.2, 0.25) is 15.9 Å². The summed E-state index contributed by atoms with van der Waals surface area (Å²) in [6.45, 7) is 3.01. The monoisotopic (exact) mass is 759 g/mol. The molecule has 0 aliphatic rings. The topological polar surface area (TPSA) is 126 Å². The van der Waals surface area contributed by atoms with Gasteiger partial charge in [0.1, 0.15) is 22.9 Å². The SMILES string of the molecule is Cn1nc(NS(C)(=O)=O)c2c(Cl)ccc(-c3ccc(C#CC(C)(C)O)nc3C(Cc3cc(F)cc(F)c3)NC(=O)Cc3cccc(Cl)c3Cl)c21. The van der Waals surface area contributed by atoms with Crippen LogP contribution in [-0.4, -0.2) is 46.1 Å². The molecule has 0 spiro atoms. The minimum atomic E-state index is -3.74. The summed E-state index contributed by atoms with van der Waals surface area (Å²) in [5.41, 5.74) is 1.14. The van der Waals surface area contributed by atoms with Gasteiger partial charge >= 0.3 is 0 Å². The summed E-state index contributed by atoms with van der Waals surface area (Å²) >= 11 is 19.1. The first-order valence-corrected chi connectivity index (χ1v) is 18.0. The fourth-order valence-electron chi connectivity index (χ4n) is 5.38. The molecule has 0 fully saturated rings. The van der Waals surface area contributed by atoms with Crippen molar-refractivity contribution in [3.63, 3.8) is 0 Å². The van der Waals surface area contributed by atoms with Crippen molar-refractivity contribution in [2.75, 3.05) is 11.0 Å². The van der Waals surface area contributed by atoms with Crippen LogP contribution in [0.3, 0.4) is 0 Å². The quantitative estimate of drug-likeness (QED) is 0.139. The van der Waals surface area contributed by atoms with Gasteiger partial charge in [-0.2, -0.15) is 5.10 Å². The number of carbonyl (C=O) groups excluding carboxylic acids is 1. The molecule has 5 aromatic rings. The molecule has 1 amide bonds. The van der Waals surface area contributed by atoms with Crippen molar-refractivity contribution in [1.82, 2.24) is 20.1 Å². The number of fused-ring (bicyclic) bond motifs is 1. The predicted octanol–water partition coefficient (Wildman–Crippen LogP) is 7.01. The van der Waals surface area contributed by atoms with Crippen LogP contribution in [0.25, 0.3) is 22.0 Å². The third-order valence-corrected chi connectivity index (χ3v) is 9.08. The highest BCUT2D eigenvalue weighted by atomic mass is 35.5. The standard InChI is InChI=1S/C35H30Cl3F2N5O4S/c1-35(2,47)13-12-23-8-9-24(25-10-11-26(36)30-33(25)45(3)43-34(30)44-50(4,48)49)32(41-23)28(16-19-14-21(39)18-22(40)15-19)42-29(46)17-20-6-5-7-27(37)31(20)38/h5-11,14-15,18,28,47H,16-17H2,1-4H3,(H,42,46)(H,43,44). The lowest BCUT2D eigenvalue weighted by Gasteiger charge is -2.23. The molecule has 0 bridgehead atoms. The Kier molecular flexibility index (Phi) is 10.8. The van der Waals surface area contributed by atoms with Gasteiger partial charge in [-0.05, 0) is 73.7 Å². The van der Waals surface area contributed by atoms with Crippen molar-refractivity contribution >= 4 is 67.5 Å². The molecule has 5 rings (SSSR count). The maximum atomic E-state index is 14.4. The molecule has 2 heterocycles. The van der Waals surface area contributed by atoms with Crippen molar-refractivity contribution in [2.45, 2.75) is 38.3 Å². The highest BCUT2D eigenvalue weighted by Crippen LogP contribution is 2.40. The van der Waals surface area contributed by atoms with Gasteiger partial charge in [-0.25, -0.2) is 22.2 Å². The largest absolute Gasteiger partial charge is 0.378 e. The van der Waals surface area contributed by atoms with Crippen LogP contribution in [-0.2, 0) is 34.7 Å². The second-order valence-electron chi connectivity index (χ2n) is 12.1. The Bertz CT molecular complexity index is 2300. The highest BCUT2D eigenvalue weighted by molar-refractivity contribution is 7.92. The van der Waals surface area contributed by atoms with Crippen molar-refractivity contribution in [3.8, 4) is 23.0 Å². The van der Waals surface area contributed by atoms with Crippen LogP contribution in [0.4, 0.5) is 14.6 Å². The third-order valence-electron chi connectivity index (χ3n) is 7.34. The number of sulfonamides is 1. The van der Waals surface area contributed by atoms with Crippen LogP contribution in [0, 0.1) is 23.5 Å². The minimum absolute atomic E-state index is 0.00230. The van der Waals surface area contributed by atoms with E-state index in [-0.39, 0.29) is 50.7 Å². The maximum absolute atomic E-state index is 14.4. The first kappa shape index (κ1) is 37.0. The lowest BCUT2D eigenvalue weighted by molar-refractivity contribution is -0.121. The molecule has 0 saturated carbocycles. The van der Waals surface area contributed by atoms with E-state index in [9.17, 15) is 27.1 Å². The van der Waals surface area contributed by atoms with E-state index >= 15 is 0 Å². The second-order valence-corrected chi connectivity index (χ2v) is 15.0. The summed E-state index contributed by atoms with van der Waals surface area (Å²) in [4.78, 5) is 18.5. The summed E-state index contributed by atoms with van der Waals surface area (Å²) in [6.07, 6.45) is 0.684. The summed E-state index contributed by atoms with van der Waals surface area (Å²) < 4.78 is 57.0. The number of rotatable bonds is 9. The fourth-order valence-corrected chi connectivity index (χ4v) is 6.50. The Labute approximate surface area is 302 Å². The van der Waals surface area contributed by atoms with E-state index in [0.717, 1.165) is 24.5 Å². The van der Waals surface area contributed by atoms with Gasteiger partial charge in [-0.3, -0.25) is 14.2 Å². The van der Waals surface area contributed by atoms with Gasteiger partial charge in [0.05, 0.1) is 50.4 Å². The molecular formula is C35H30Cl3F2N5O4S. The molecule has 50 heavy (non-hydrogen) atoms. The van der Waals surface area contributed by atoms with E-state index in [1.54, 1.807) is 49.5 Å². The summed E-state index contributed by atoms with van der Waals surface area (Å²) in [5, 5.41) is 18.6. The van der Waals surface area contributed by atoms with E-state index in [1.807, 2.05) is 0 Å². The Hall–Kier alpha value is -4.25. The first-order valence-electron chi connectivity index (χ1n) is 15.0. The van der Waals surface area contributed by atoms with E-state index in [4.69, 9.17) is 39.8 Å². The van der Waals surface area contributed by atoms with Crippen LogP contribution in [0.5, 0.6) is 0 Å². The molecule has 1 unspecified atom stereocenters. The number of pyridine rings is 1. The maximum Gasteiger partial charge on any atom is 0.231 e. The lowest BCUT2D eigenvalue weighted by atomic mass is 9.93. The van der Waals surface area contributed by atoms with Crippen molar-refractivity contribution < 1.29 is 27.1 Å². The molecule has 0 saturated heterocycles. The highest BCUT2D eigenvalue weighted by Gasteiger charge is 2.26. The molecule has 3 N–H and O–H groups in total. The molecule has 0 aliphatic carbocycles. The van der Waals surface area contributed by atoms with Crippen LogP contribution in [0.15, 0.2) is 60.7 Å². The van der Waals surface area contributed by atoms with Gasteiger partial charge < -0.3 is 10.4 Å². The van der Waals surface area contributed by atoms with Gasteiger partial charge in [-0.1, -0.05) is 58.9 Å². The zero-order valence-corrected chi connectivity index (χ0v) is 30.2. The van der Waals surface area contributed by atoms with E-state index in [2.05, 4.69) is 27.0 Å². The number of hydrogen-bond donors (Lipinski definition) is 3. The number of aryl methyl sites for hydroxylation is 1. The lowest BCUT2D eigenvalue weighted by Crippen LogP contribution is -2.32. The third kappa shape index (κ3) is 8.91. The number of benzene rings is 3. The van der Waals surface area contributed by atoms with Crippen LogP contribution < -0.4 is 10.0 Å². The average molecular weight is 761 g/mol. The second kappa shape index (κ2) is 14.5. The van der Waals surface area contributed by atoms with E-state index in [1.165, 1.54) is 18.5 Å². The average Bonchev–Trinajstić information content (AvgIpc) is 3.32.